The molecule has 98 valence electrons. The van der Waals surface area contributed by atoms with Crippen LogP contribution in [0.1, 0.15) is 42.5 Å². The molecule has 0 saturated carbocycles. The average molecular weight is 255 g/mol. The van der Waals surface area contributed by atoms with Gasteiger partial charge in [-0.2, -0.15) is 13.2 Å². The molecule has 0 bridgehead atoms. The highest BCUT2D eigenvalue weighted by atomic mass is 19.4. The molecule has 0 radical (unpaired) electrons. The van der Waals surface area contributed by atoms with Crippen molar-refractivity contribution >= 4 is 0 Å². The second-order valence-corrected chi connectivity index (χ2v) is 5.50. The van der Waals surface area contributed by atoms with Crippen LogP contribution in [0.4, 0.5) is 13.2 Å². The van der Waals surface area contributed by atoms with Crippen molar-refractivity contribution in [1.29, 1.82) is 0 Å². The van der Waals surface area contributed by atoms with Crippen LogP contribution < -0.4 is 5.32 Å². The highest BCUT2D eigenvalue weighted by Crippen LogP contribution is 2.43. The van der Waals surface area contributed by atoms with Gasteiger partial charge in [0, 0.05) is 12.1 Å². The molecule has 3 rings (SSSR count). The Morgan fingerprint density at radius 2 is 2.00 bits per heavy atom. The summed E-state index contributed by atoms with van der Waals surface area (Å²) >= 11 is 0. The molecule has 18 heavy (non-hydrogen) atoms. The van der Waals surface area contributed by atoms with E-state index in [2.05, 4.69) is 12.2 Å². The Balaban J connectivity index is 1.94. The van der Waals surface area contributed by atoms with E-state index in [1.807, 2.05) is 0 Å². The molecule has 0 unspecified atom stereocenters. The number of nitrogens with one attached hydrogen (secondary N) is 1. The number of halogens is 3. The number of rotatable bonds is 0. The molecule has 0 spiro atoms. The minimum atomic E-state index is -4.23. The van der Waals surface area contributed by atoms with Crippen LogP contribution in [-0.4, -0.2) is 6.04 Å². The number of hydrogen-bond acceptors (Lipinski definition) is 1. The molecule has 1 N–H and O–H groups in total. The number of piperidine rings is 1. The van der Waals surface area contributed by atoms with E-state index in [0.29, 0.717) is 12.0 Å². The van der Waals surface area contributed by atoms with Crippen LogP contribution in [0, 0.1) is 5.92 Å². The molecule has 1 nitrogen and oxygen atoms in total. The van der Waals surface area contributed by atoms with Gasteiger partial charge in [-0.1, -0.05) is 6.07 Å². The van der Waals surface area contributed by atoms with E-state index in [-0.39, 0.29) is 6.04 Å². The standard InChI is InChI=1S/C14H16F3N/c1-8-2-3-9-6-10-7-11(14(15,16)17)4-5-12(10)13(9)18-8/h4-5,7-9,13,18H,2-3,6H2,1H3/t8-,9-,13-/m1/s1. The number of hydrogen-bond donors (Lipinski definition) is 1. The summed E-state index contributed by atoms with van der Waals surface area (Å²) in [6.45, 7) is 2.14. The Bertz CT molecular complexity index is 467. The van der Waals surface area contributed by atoms with Crippen molar-refractivity contribution in [1.82, 2.24) is 5.32 Å². The lowest BCUT2D eigenvalue weighted by Crippen LogP contribution is -2.38. The first kappa shape index (κ1) is 12.0. The fraction of sp³-hybridized carbons (Fsp3) is 0.571. The van der Waals surface area contributed by atoms with Crippen LogP contribution >= 0.6 is 0 Å². The largest absolute Gasteiger partial charge is 0.416 e. The quantitative estimate of drug-likeness (QED) is 0.745. The van der Waals surface area contributed by atoms with Gasteiger partial charge in [0.1, 0.15) is 0 Å². The Hall–Kier alpha value is -1.03. The van der Waals surface area contributed by atoms with E-state index in [0.717, 1.165) is 30.4 Å². The van der Waals surface area contributed by atoms with Gasteiger partial charge in [-0.15, -0.1) is 0 Å². The van der Waals surface area contributed by atoms with Gasteiger partial charge in [0.05, 0.1) is 5.56 Å². The van der Waals surface area contributed by atoms with Crippen molar-refractivity contribution in [2.24, 2.45) is 5.92 Å². The molecule has 1 aliphatic heterocycles. The van der Waals surface area contributed by atoms with Crippen LogP contribution in [0.5, 0.6) is 0 Å². The molecule has 0 amide bonds. The molecule has 4 heteroatoms. The lowest BCUT2D eigenvalue weighted by atomic mass is 9.89. The van der Waals surface area contributed by atoms with E-state index in [1.54, 1.807) is 6.07 Å². The predicted octanol–water partition coefficient (Wildman–Crippen LogP) is 3.69. The van der Waals surface area contributed by atoms with Crippen LogP contribution in [0.15, 0.2) is 18.2 Å². The first-order valence-corrected chi connectivity index (χ1v) is 6.41. The van der Waals surface area contributed by atoms with Gasteiger partial charge in [0.2, 0.25) is 0 Å². The third kappa shape index (κ3) is 1.92. The normalized spacial score (nSPS) is 31.0. The first-order valence-electron chi connectivity index (χ1n) is 6.41. The summed E-state index contributed by atoms with van der Waals surface area (Å²) in [5, 5.41) is 3.51. The summed E-state index contributed by atoms with van der Waals surface area (Å²) in [7, 11) is 0. The van der Waals surface area contributed by atoms with E-state index in [9.17, 15) is 13.2 Å². The van der Waals surface area contributed by atoms with E-state index >= 15 is 0 Å². The van der Waals surface area contributed by atoms with E-state index < -0.39 is 11.7 Å². The Kier molecular flexibility index (Phi) is 2.66. The van der Waals surface area contributed by atoms with Crippen LogP contribution in [0.25, 0.3) is 0 Å². The van der Waals surface area contributed by atoms with E-state index in [1.165, 1.54) is 12.1 Å². The minimum Gasteiger partial charge on any atom is -0.307 e. The zero-order valence-corrected chi connectivity index (χ0v) is 10.2. The first-order chi connectivity index (χ1) is 8.45. The van der Waals surface area contributed by atoms with Gasteiger partial charge in [-0.25, -0.2) is 0 Å². The van der Waals surface area contributed by atoms with E-state index in [4.69, 9.17) is 0 Å². The Labute approximate surface area is 104 Å². The van der Waals surface area contributed by atoms with Gasteiger partial charge < -0.3 is 5.32 Å². The second kappa shape index (κ2) is 3.98. The number of alkyl halides is 3. The maximum Gasteiger partial charge on any atom is 0.416 e. The summed E-state index contributed by atoms with van der Waals surface area (Å²) in [5.41, 5.74) is 1.42. The third-order valence-corrected chi connectivity index (χ3v) is 4.19. The lowest BCUT2D eigenvalue weighted by Gasteiger charge is -2.32. The maximum absolute atomic E-state index is 12.7. The molecule has 1 fully saturated rings. The molecule has 2 aliphatic rings. The summed E-state index contributed by atoms with van der Waals surface area (Å²) in [4.78, 5) is 0. The highest BCUT2D eigenvalue weighted by molar-refractivity contribution is 5.40. The molecule has 3 atom stereocenters. The SMILES string of the molecule is C[C@@H]1CC[C@@H]2Cc3cc(C(F)(F)F)ccc3[C@@H]2N1. The van der Waals surface area contributed by atoms with Crippen LogP contribution in [-0.2, 0) is 12.6 Å². The summed E-state index contributed by atoms with van der Waals surface area (Å²) in [6, 6.07) is 4.92. The van der Waals surface area contributed by atoms with Crippen molar-refractivity contribution in [3.05, 3.63) is 34.9 Å². The topological polar surface area (TPSA) is 12.0 Å². The van der Waals surface area contributed by atoms with Gasteiger partial charge in [0.15, 0.2) is 0 Å². The molecule has 1 heterocycles. The highest BCUT2D eigenvalue weighted by Gasteiger charge is 2.38. The van der Waals surface area contributed by atoms with Crippen LogP contribution in [0.3, 0.4) is 0 Å². The average Bonchev–Trinajstić information content (AvgIpc) is 2.65. The molecule has 1 aromatic carbocycles. The fourth-order valence-electron chi connectivity index (χ4n) is 3.27. The number of fused-ring (bicyclic) bond motifs is 3. The zero-order chi connectivity index (χ0) is 12.9. The molecular formula is C14H16F3N. The van der Waals surface area contributed by atoms with Crippen LogP contribution in [0.2, 0.25) is 0 Å². The summed E-state index contributed by atoms with van der Waals surface area (Å²) < 4.78 is 38.0. The van der Waals surface area contributed by atoms with Gasteiger partial charge >= 0.3 is 6.18 Å². The Morgan fingerprint density at radius 1 is 1.22 bits per heavy atom. The van der Waals surface area contributed by atoms with Crippen molar-refractivity contribution in [3.63, 3.8) is 0 Å². The molecular weight excluding hydrogens is 239 g/mol. The zero-order valence-electron chi connectivity index (χ0n) is 10.2. The van der Waals surface area contributed by atoms with Gasteiger partial charge in [-0.05, 0) is 55.4 Å². The molecule has 1 aliphatic carbocycles. The van der Waals surface area contributed by atoms with Crippen molar-refractivity contribution in [2.75, 3.05) is 0 Å². The third-order valence-electron chi connectivity index (χ3n) is 4.19. The van der Waals surface area contributed by atoms with Gasteiger partial charge in [0.25, 0.3) is 0 Å². The summed E-state index contributed by atoms with van der Waals surface area (Å²) in [6.07, 6.45) is -1.23. The monoisotopic (exact) mass is 255 g/mol. The van der Waals surface area contributed by atoms with Gasteiger partial charge in [-0.3, -0.25) is 0 Å². The lowest BCUT2D eigenvalue weighted by molar-refractivity contribution is -0.137. The Morgan fingerprint density at radius 3 is 2.72 bits per heavy atom. The summed E-state index contributed by atoms with van der Waals surface area (Å²) in [5.74, 6) is 0.472. The fourth-order valence-corrected chi connectivity index (χ4v) is 3.27. The molecule has 1 aromatic rings. The maximum atomic E-state index is 12.7. The minimum absolute atomic E-state index is 0.256. The molecule has 0 aromatic heterocycles. The number of benzene rings is 1. The van der Waals surface area contributed by atoms with Crippen molar-refractivity contribution < 1.29 is 13.2 Å². The van der Waals surface area contributed by atoms with Crippen molar-refractivity contribution in [3.8, 4) is 0 Å². The molecule has 1 saturated heterocycles. The predicted molar refractivity (Wildman–Crippen MR) is 63.2 cm³/mol. The van der Waals surface area contributed by atoms with Crippen molar-refractivity contribution in [2.45, 2.75) is 44.4 Å². The second-order valence-electron chi connectivity index (χ2n) is 5.50. The smallest absolute Gasteiger partial charge is 0.307 e.